The highest BCUT2D eigenvalue weighted by Crippen LogP contribution is 2.39. The van der Waals surface area contributed by atoms with E-state index in [0.29, 0.717) is 43.0 Å². The Kier molecular flexibility index (Phi) is 6.89. The molecule has 0 atom stereocenters. The zero-order valence-corrected chi connectivity index (χ0v) is 21.9. The van der Waals surface area contributed by atoms with Crippen LogP contribution in [0.5, 0.6) is 5.75 Å². The number of imide groups is 1. The molecule has 35 heavy (non-hydrogen) atoms. The Morgan fingerprint density at radius 3 is 2.46 bits per heavy atom. The van der Waals surface area contributed by atoms with Crippen molar-refractivity contribution in [3.05, 3.63) is 109 Å². The Balaban J connectivity index is 1.37. The average Bonchev–Trinajstić information content (AvgIpc) is 3.11. The zero-order chi connectivity index (χ0) is 24.5. The lowest BCUT2D eigenvalue weighted by molar-refractivity contribution is -0.113. The molecule has 0 radical (unpaired) electrons. The molecule has 1 aliphatic heterocycles. The number of fused-ring (bicyclic) bond motifs is 1. The molecule has 0 N–H and O–H groups in total. The average molecular weight is 585 g/mol. The standard InChI is InChI=1S/C27H16BrCl2NO3S/c28-22-12-16(14-24-26(32)31(27(33)35-24)20-10-8-19(29)9-11-20)13-23(30)25(22)34-15-18-6-3-5-17-4-1-2-7-21(17)18/h1-14H,15H2/b24-14+. The van der Waals surface area contributed by atoms with Crippen LogP contribution in [0.1, 0.15) is 11.1 Å². The van der Waals surface area contributed by atoms with Gasteiger partial charge in [-0.3, -0.25) is 9.59 Å². The normalized spacial score (nSPS) is 14.8. The molecule has 0 bridgehead atoms. The van der Waals surface area contributed by atoms with Crippen LogP contribution in [0.4, 0.5) is 10.5 Å². The number of ether oxygens (including phenoxy) is 1. The van der Waals surface area contributed by atoms with E-state index in [0.717, 1.165) is 33.0 Å². The second-order valence-electron chi connectivity index (χ2n) is 7.73. The molecule has 5 rings (SSSR count). The summed E-state index contributed by atoms with van der Waals surface area (Å²) < 4.78 is 6.71. The second kappa shape index (κ2) is 10.1. The Hall–Kier alpha value is -2.77. The first kappa shape index (κ1) is 23.9. The summed E-state index contributed by atoms with van der Waals surface area (Å²) in [5, 5.41) is 2.81. The molecule has 1 heterocycles. The fourth-order valence-corrected chi connectivity index (χ4v) is 5.76. The molecule has 1 aliphatic rings. The number of benzene rings is 4. The zero-order valence-electron chi connectivity index (χ0n) is 18.0. The van der Waals surface area contributed by atoms with E-state index < -0.39 is 5.91 Å². The third kappa shape index (κ3) is 4.98. The molecular weight excluding hydrogens is 569 g/mol. The van der Waals surface area contributed by atoms with Crippen LogP contribution in [0.3, 0.4) is 0 Å². The summed E-state index contributed by atoms with van der Waals surface area (Å²) in [4.78, 5) is 26.9. The van der Waals surface area contributed by atoms with Crippen molar-refractivity contribution in [3.63, 3.8) is 0 Å². The van der Waals surface area contributed by atoms with Gasteiger partial charge in [-0.1, -0.05) is 65.7 Å². The fourth-order valence-electron chi connectivity index (χ4n) is 3.80. The predicted octanol–water partition coefficient (Wildman–Crippen LogP) is 8.73. The van der Waals surface area contributed by atoms with Gasteiger partial charge in [0.15, 0.2) is 5.75 Å². The SMILES string of the molecule is O=C1S/C(=C/c2cc(Cl)c(OCc3cccc4ccccc34)c(Br)c2)C(=O)N1c1ccc(Cl)cc1. The Morgan fingerprint density at radius 1 is 0.943 bits per heavy atom. The first-order valence-electron chi connectivity index (χ1n) is 10.5. The maximum atomic E-state index is 12.9. The van der Waals surface area contributed by atoms with E-state index in [4.69, 9.17) is 27.9 Å². The molecule has 0 saturated carbocycles. The van der Waals surface area contributed by atoms with Crippen molar-refractivity contribution in [2.45, 2.75) is 6.61 Å². The van der Waals surface area contributed by atoms with E-state index in [-0.39, 0.29) is 5.24 Å². The maximum absolute atomic E-state index is 12.9. The lowest BCUT2D eigenvalue weighted by atomic mass is 10.1. The van der Waals surface area contributed by atoms with Crippen molar-refractivity contribution in [1.82, 2.24) is 0 Å². The highest BCUT2D eigenvalue weighted by molar-refractivity contribution is 9.10. The third-order valence-electron chi connectivity index (χ3n) is 5.45. The number of carbonyl (C=O) groups is 2. The smallest absolute Gasteiger partial charge is 0.298 e. The number of anilines is 1. The third-order valence-corrected chi connectivity index (χ3v) is 7.44. The second-order valence-corrected chi connectivity index (χ2v) is 10.4. The highest BCUT2D eigenvalue weighted by atomic mass is 79.9. The van der Waals surface area contributed by atoms with Gasteiger partial charge >= 0.3 is 0 Å². The summed E-state index contributed by atoms with van der Waals surface area (Å²) >= 11 is 16.9. The molecule has 8 heteroatoms. The minimum atomic E-state index is -0.397. The van der Waals surface area contributed by atoms with Crippen LogP contribution in [-0.2, 0) is 11.4 Å². The number of hydrogen-bond acceptors (Lipinski definition) is 4. The van der Waals surface area contributed by atoms with Gasteiger partial charge in [0, 0.05) is 5.02 Å². The summed E-state index contributed by atoms with van der Waals surface area (Å²) in [5.41, 5.74) is 2.18. The molecule has 0 aliphatic carbocycles. The molecule has 1 saturated heterocycles. The van der Waals surface area contributed by atoms with Crippen LogP contribution in [0, 0.1) is 0 Å². The quantitative estimate of drug-likeness (QED) is 0.220. The van der Waals surface area contributed by atoms with Gasteiger partial charge in [-0.15, -0.1) is 0 Å². The van der Waals surface area contributed by atoms with Gasteiger partial charge < -0.3 is 4.74 Å². The molecule has 0 aromatic heterocycles. The number of halogens is 3. The molecule has 174 valence electrons. The molecule has 4 aromatic carbocycles. The summed E-state index contributed by atoms with van der Waals surface area (Å²) in [5.74, 6) is 0.108. The maximum Gasteiger partial charge on any atom is 0.298 e. The van der Waals surface area contributed by atoms with Gasteiger partial charge in [0.2, 0.25) is 0 Å². The molecule has 1 fully saturated rings. The summed E-state index contributed by atoms with van der Waals surface area (Å²) in [6, 6.07) is 24.3. The van der Waals surface area contributed by atoms with Crippen molar-refractivity contribution >= 4 is 84.6 Å². The predicted molar refractivity (Wildman–Crippen MR) is 147 cm³/mol. The number of hydrogen-bond donors (Lipinski definition) is 0. The van der Waals surface area contributed by atoms with Crippen LogP contribution in [0.2, 0.25) is 10.0 Å². The van der Waals surface area contributed by atoms with Gasteiger partial charge in [-0.05, 0) is 92.1 Å². The van der Waals surface area contributed by atoms with Gasteiger partial charge in [-0.25, -0.2) is 4.90 Å². The first-order valence-corrected chi connectivity index (χ1v) is 12.9. The van der Waals surface area contributed by atoms with Crippen molar-refractivity contribution in [3.8, 4) is 5.75 Å². The minimum Gasteiger partial charge on any atom is -0.486 e. The molecule has 4 aromatic rings. The number of nitrogens with zero attached hydrogens (tertiary/aromatic N) is 1. The number of amides is 2. The van der Waals surface area contributed by atoms with Crippen LogP contribution < -0.4 is 9.64 Å². The summed E-state index contributed by atoms with van der Waals surface area (Å²) in [6.45, 7) is 0.346. The van der Waals surface area contributed by atoms with E-state index in [2.05, 4.69) is 34.1 Å². The molecule has 4 nitrogen and oxygen atoms in total. The van der Waals surface area contributed by atoms with Crippen LogP contribution >= 0.6 is 50.9 Å². The van der Waals surface area contributed by atoms with Gasteiger partial charge in [0.05, 0.1) is 20.1 Å². The van der Waals surface area contributed by atoms with E-state index in [1.807, 2.05) is 24.3 Å². The van der Waals surface area contributed by atoms with E-state index in [1.54, 1.807) is 42.5 Å². The number of rotatable bonds is 5. The first-order chi connectivity index (χ1) is 16.9. The Morgan fingerprint density at radius 2 is 1.69 bits per heavy atom. The van der Waals surface area contributed by atoms with E-state index in [9.17, 15) is 9.59 Å². The van der Waals surface area contributed by atoms with Gasteiger partial charge in [0.25, 0.3) is 11.1 Å². The lowest BCUT2D eigenvalue weighted by Gasteiger charge is -2.13. The van der Waals surface area contributed by atoms with Crippen molar-refractivity contribution in [1.29, 1.82) is 0 Å². The lowest BCUT2D eigenvalue weighted by Crippen LogP contribution is -2.27. The Bertz CT molecular complexity index is 1480. The summed E-state index contributed by atoms with van der Waals surface area (Å²) in [6.07, 6.45) is 1.64. The van der Waals surface area contributed by atoms with E-state index >= 15 is 0 Å². The van der Waals surface area contributed by atoms with Gasteiger partial charge in [-0.2, -0.15) is 0 Å². The molecule has 0 unspecified atom stereocenters. The number of thioether (sulfide) groups is 1. The van der Waals surface area contributed by atoms with Crippen LogP contribution in [-0.4, -0.2) is 11.1 Å². The fraction of sp³-hybridized carbons (Fsp3) is 0.0370. The van der Waals surface area contributed by atoms with E-state index in [1.165, 1.54) is 0 Å². The van der Waals surface area contributed by atoms with Gasteiger partial charge in [0.1, 0.15) is 6.61 Å². The van der Waals surface area contributed by atoms with Crippen LogP contribution in [0.25, 0.3) is 16.8 Å². The highest BCUT2D eigenvalue weighted by Gasteiger charge is 2.36. The van der Waals surface area contributed by atoms with Crippen molar-refractivity contribution in [2.24, 2.45) is 0 Å². The monoisotopic (exact) mass is 583 g/mol. The molecule has 0 spiro atoms. The summed E-state index contributed by atoms with van der Waals surface area (Å²) in [7, 11) is 0. The molecule has 2 amide bonds. The molecular formula is C27H16BrCl2NO3S. The van der Waals surface area contributed by atoms with Crippen molar-refractivity contribution in [2.75, 3.05) is 4.90 Å². The van der Waals surface area contributed by atoms with Crippen molar-refractivity contribution < 1.29 is 14.3 Å². The minimum absolute atomic E-state index is 0.303. The Labute approximate surface area is 224 Å². The largest absolute Gasteiger partial charge is 0.486 e. The van der Waals surface area contributed by atoms with Crippen LogP contribution in [0.15, 0.2) is 88.2 Å². The topological polar surface area (TPSA) is 46.6 Å². The number of carbonyl (C=O) groups excluding carboxylic acids is 2.